The van der Waals surface area contributed by atoms with Gasteiger partial charge in [-0.1, -0.05) is 113 Å². The number of nitrogen functional groups attached to an aromatic ring is 1. The third-order valence-corrected chi connectivity index (χ3v) is 12.2. The van der Waals surface area contributed by atoms with E-state index < -0.39 is 7.12 Å². The van der Waals surface area contributed by atoms with Crippen molar-refractivity contribution in [2.24, 2.45) is 22.4 Å². The van der Waals surface area contributed by atoms with Gasteiger partial charge >= 0.3 is 7.12 Å². The molecule has 1 aliphatic heterocycles. The van der Waals surface area contributed by atoms with Gasteiger partial charge in [0.1, 0.15) is 40.7 Å². The number of amidine groups is 2. The zero-order valence-electron chi connectivity index (χ0n) is 44.0. The molecule has 0 amide bonds. The van der Waals surface area contributed by atoms with Gasteiger partial charge in [0.15, 0.2) is 0 Å². The first-order chi connectivity index (χ1) is 36.0. The molecule has 15 nitrogen and oxygen atoms in total. The van der Waals surface area contributed by atoms with Gasteiger partial charge in [-0.05, 0) is 134 Å². The number of aryl methyl sites for hydroxylation is 2. The number of benzene rings is 7. The van der Waals surface area contributed by atoms with Gasteiger partial charge < -0.3 is 56.5 Å². The van der Waals surface area contributed by atoms with Crippen LogP contribution in [0, 0.1) is 16.7 Å². The third kappa shape index (κ3) is 20.8. The molecule has 1 aliphatic rings. The zero-order chi connectivity index (χ0) is 55.3. The molecule has 0 fully saturated rings. The molecule has 18 heteroatoms. The van der Waals surface area contributed by atoms with Gasteiger partial charge in [0, 0.05) is 77.0 Å². The third-order valence-electron chi connectivity index (χ3n) is 11.7. The Morgan fingerprint density at radius 2 is 1.32 bits per heavy atom. The quantitative estimate of drug-likeness (QED) is 0.0226. The molecule has 7 aromatic rings. The summed E-state index contributed by atoms with van der Waals surface area (Å²) in [6, 6.07) is 56.7. The number of nitrogens with zero attached hydrogens (tertiary/aromatic N) is 3. The summed E-state index contributed by atoms with van der Waals surface area (Å²) in [5.74, 6) is 5.94. The molecule has 0 aliphatic carbocycles. The Morgan fingerprint density at radius 1 is 0.776 bits per heavy atom. The summed E-state index contributed by atoms with van der Waals surface area (Å²) in [7, 11) is 7.51. The number of hydrogen-bond donors (Lipinski definition) is 9. The molecule has 0 bridgehead atoms. The molecule has 76 heavy (non-hydrogen) atoms. The van der Waals surface area contributed by atoms with Gasteiger partial charge in [-0.25, -0.2) is 10.9 Å². The van der Waals surface area contributed by atoms with Crippen LogP contribution in [0.3, 0.4) is 0 Å². The first-order valence-corrected chi connectivity index (χ1v) is 24.5. The molecule has 400 valence electrons. The molecule has 12 N–H and O–H groups in total. The van der Waals surface area contributed by atoms with Crippen LogP contribution in [0.25, 0.3) is 11.1 Å². The first-order valence-electron chi connectivity index (χ1n) is 23.8. The predicted octanol–water partition coefficient (Wildman–Crippen LogP) is 9.40. The Labute approximate surface area is 472 Å². The number of nitrogens with two attached hydrogens (primary N) is 3. The smallest absolute Gasteiger partial charge is 0.488 e. The van der Waals surface area contributed by atoms with Gasteiger partial charge in [-0.3, -0.25) is 5.41 Å². The fourth-order valence-electron chi connectivity index (χ4n) is 7.50. The topological polar surface area (TPSA) is 262 Å². The van der Waals surface area contributed by atoms with E-state index in [1.54, 1.807) is 51.4 Å². The molecule has 0 saturated heterocycles. The van der Waals surface area contributed by atoms with Crippen LogP contribution >= 0.6 is 15.9 Å². The SMILES string of the molecule is CC(=O)CCc1cccc(Br)c1.CNc1ccccc1C#N.CNc1ccccc1C(=N)N.COc1cccc(-c2cccc(CCC3(C)N=C(N)c4ccccc4N3C)c2)c1.COc1cccc(B(O)O)c1.NO.[HH].[W]. The normalized spacial score (nSPS) is 12.4. The number of halogens is 1. The Hall–Kier alpha value is -7.29. The summed E-state index contributed by atoms with van der Waals surface area (Å²) in [6.45, 7) is 3.78. The second kappa shape index (κ2) is 34.3. The molecular weight excluding hydrogens is 1190 g/mol. The fourth-order valence-corrected chi connectivity index (χ4v) is 7.95. The van der Waals surface area contributed by atoms with Crippen LogP contribution < -0.4 is 47.8 Å². The minimum absolute atomic E-state index is 0. The molecule has 1 unspecified atom stereocenters. The van der Waals surface area contributed by atoms with Crippen molar-refractivity contribution in [2.45, 2.75) is 45.2 Å². The number of carbonyl (C=O) groups excluding carboxylic acids is 1. The maximum atomic E-state index is 10.7. The summed E-state index contributed by atoms with van der Waals surface area (Å²) >= 11 is 3.38. The molecule has 0 spiro atoms. The number of ether oxygens (including phenoxy) is 2. The van der Waals surface area contributed by atoms with Crippen molar-refractivity contribution in [2.75, 3.05) is 50.9 Å². The fraction of sp³-hybridized carbons (Fsp3) is 0.207. The Balaban J connectivity index is 0.000000519. The number of aliphatic imine (C=N–C) groups is 1. The molecule has 0 aromatic heterocycles. The number of nitrogens with one attached hydrogen (secondary N) is 3. The van der Waals surface area contributed by atoms with Crippen LogP contribution in [0.1, 0.15) is 55.9 Å². The number of rotatable bonds is 13. The summed E-state index contributed by atoms with van der Waals surface area (Å²) in [5, 5.41) is 45.6. The molecule has 1 atom stereocenters. The number of fused-ring (bicyclic) bond motifs is 1. The Bertz CT molecular complexity index is 2990. The van der Waals surface area contributed by atoms with E-state index in [1.165, 1.54) is 23.8 Å². The number of Topliss-reactive ketones (excluding diaryl/α,β-unsaturated/α-hetero) is 1. The second-order valence-electron chi connectivity index (χ2n) is 16.8. The Kier molecular flexibility index (Phi) is 29.3. The second-order valence-corrected chi connectivity index (χ2v) is 17.7. The van der Waals surface area contributed by atoms with E-state index in [1.807, 2.05) is 104 Å². The van der Waals surface area contributed by atoms with Crippen molar-refractivity contribution >= 4 is 63.0 Å². The maximum Gasteiger partial charge on any atom is 0.488 e. The van der Waals surface area contributed by atoms with Crippen LogP contribution in [0.2, 0.25) is 0 Å². The van der Waals surface area contributed by atoms with Crippen molar-refractivity contribution in [1.82, 2.24) is 0 Å². The molecule has 1 heterocycles. The van der Waals surface area contributed by atoms with Crippen LogP contribution in [0.15, 0.2) is 179 Å². The Morgan fingerprint density at radius 3 is 1.88 bits per heavy atom. The van der Waals surface area contributed by atoms with Crippen molar-refractivity contribution in [3.63, 3.8) is 0 Å². The largest absolute Gasteiger partial charge is 0.497 e. The molecular formula is C58H71BBrN9O6W. The average molecular weight is 1260 g/mol. The minimum atomic E-state index is -1.43. The number of anilines is 3. The van der Waals surface area contributed by atoms with Gasteiger partial charge in [-0.15, -0.1) is 0 Å². The van der Waals surface area contributed by atoms with E-state index in [4.69, 9.17) is 51.9 Å². The number of para-hydroxylation sites is 3. The summed E-state index contributed by atoms with van der Waals surface area (Å²) in [4.78, 5) is 17.8. The van der Waals surface area contributed by atoms with E-state index in [-0.39, 0.29) is 39.8 Å². The van der Waals surface area contributed by atoms with Crippen molar-refractivity contribution in [3.05, 3.63) is 202 Å². The van der Waals surface area contributed by atoms with Crippen LogP contribution in [-0.4, -0.2) is 80.9 Å². The van der Waals surface area contributed by atoms with E-state index >= 15 is 0 Å². The van der Waals surface area contributed by atoms with E-state index in [0.29, 0.717) is 29.0 Å². The standard InChI is InChI=1S/C25H27N3O.C10H11BrO.C8H11N3.C8H8N2.C7H9BO3.H3NO.W.H2/c1-25(27-24(26)22-12-4-5-13-23(22)28(25)2)15-14-18-8-6-9-19(16-18)20-10-7-11-21(17-20)29-3;1-8(12)5-6-9-3-2-4-10(11)7-9;1-11-7-5-3-2-4-6(7)8(9)10;1-10-8-5-3-2-4-7(8)6-9;1-11-7-4-2-3-6(5-7)8(9)10;1-2;;/h4-13,16-17H,14-15H2,1-3H3,(H2,26,27);2-4,7H,5-6H2,1H3;2-5,11H,1H3,(H3,9,10);2-5,10H,1H3;2-5,9-10H,1H3;2H,1H2;;1H. The van der Waals surface area contributed by atoms with Crippen molar-refractivity contribution < 1.29 is 52.0 Å². The van der Waals surface area contributed by atoms with Gasteiger partial charge in [-0.2, -0.15) is 5.26 Å². The van der Waals surface area contributed by atoms with E-state index in [0.717, 1.165) is 63.2 Å². The van der Waals surface area contributed by atoms with Crippen molar-refractivity contribution in [3.8, 4) is 28.7 Å². The molecule has 0 saturated carbocycles. The van der Waals surface area contributed by atoms with Crippen LogP contribution in [0.5, 0.6) is 11.5 Å². The number of methoxy groups -OCH3 is 2. The van der Waals surface area contributed by atoms with E-state index in [2.05, 4.69) is 99.9 Å². The van der Waals surface area contributed by atoms with Crippen LogP contribution in [-0.2, 0) is 38.7 Å². The monoisotopic (exact) mass is 1260 g/mol. The number of nitriles is 1. The summed E-state index contributed by atoms with van der Waals surface area (Å²) in [6.07, 6.45) is 3.27. The van der Waals surface area contributed by atoms with Gasteiger partial charge in [0.2, 0.25) is 0 Å². The average Bonchev–Trinajstić information content (AvgIpc) is 3.44. The summed E-state index contributed by atoms with van der Waals surface area (Å²) < 4.78 is 11.3. The maximum absolute atomic E-state index is 10.7. The number of ketones is 1. The van der Waals surface area contributed by atoms with Gasteiger partial charge in [0.05, 0.1) is 25.5 Å². The first kappa shape index (κ1) is 64.8. The predicted molar refractivity (Wildman–Crippen MR) is 312 cm³/mol. The molecule has 7 aromatic carbocycles. The van der Waals surface area contributed by atoms with E-state index in [9.17, 15) is 4.79 Å². The van der Waals surface area contributed by atoms with Crippen LogP contribution in [0.4, 0.5) is 17.1 Å². The molecule has 8 rings (SSSR count). The van der Waals surface area contributed by atoms with Gasteiger partial charge in [0.25, 0.3) is 0 Å². The number of carbonyl (C=O) groups is 1. The minimum Gasteiger partial charge on any atom is -0.497 e. The zero-order valence-corrected chi connectivity index (χ0v) is 48.5. The molecule has 0 radical (unpaired) electrons. The number of hydrogen-bond acceptors (Lipinski definition) is 14. The summed E-state index contributed by atoms with van der Waals surface area (Å²) in [5.41, 5.74) is 21.9. The van der Waals surface area contributed by atoms with Crippen molar-refractivity contribution in [1.29, 1.82) is 10.7 Å².